The molecule has 0 aromatic heterocycles. The number of hydrogen-bond donors (Lipinski definition) is 1. The van der Waals surface area contributed by atoms with Crippen molar-refractivity contribution in [3.05, 3.63) is 68.2 Å². The molecule has 0 spiro atoms. The van der Waals surface area contributed by atoms with E-state index in [0.717, 1.165) is 6.07 Å². The molecule has 0 fully saturated rings. The maximum Gasteiger partial charge on any atom is 0.271 e. The van der Waals surface area contributed by atoms with Gasteiger partial charge < -0.3 is 5.32 Å². The standard InChI is InChI=1S/C19H16ClN3O5/c1-10(2)9-22-18(25)13-5-3-11(7-14(13)19(22)26)17(24)21-16-6-4-12(23(27)28)8-15(16)20/h3-8,10H,9H2,1-2H3,(H,21,24). The van der Waals surface area contributed by atoms with Gasteiger partial charge in [0.25, 0.3) is 23.4 Å². The van der Waals surface area contributed by atoms with Gasteiger partial charge in [-0.1, -0.05) is 25.4 Å². The number of fused-ring (bicyclic) bond motifs is 1. The normalized spacial score (nSPS) is 13.1. The van der Waals surface area contributed by atoms with Crippen molar-refractivity contribution in [3.63, 3.8) is 0 Å². The van der Waals surface area contributed by atoms with Crippen LogP contribution >= 0.6 is 11.6 Å². The van der Waals surface area contributed by atoms with Crippen LogP contribution < -0.4 is 5.32 Å². The molecule has 1 aliphatic rings. The third kappa shape index (κ3) is 3.59. The molecule has 144 valence electrons. The van der Waals surface area contributed by atoms with Crippen LogP contribution in [0.5, 0.6) is 0 Å². The summed E-state index contributed by atoms with van der Waals surface area (Å²) in [7, 11) is 0. The Morgan fingerprint density at radius 2 is 1.82 bits per heavy atom. The summed E-state index contributed by atoms with van der Waals surface area (Å²) >= 11 is 5.98. The third-order valence-electron chi connectivity index (χ3n) is 4.19. The zero-order chi connectivity index (χ0) is 20.6. The highest BCUT2D eigenvalue weighted by Gasteiger charge is 2.36. The number of benzene rings is 2. The number of nitro groups is 1. The van der Waals surface area contributed by atoms with Crippen LogP contribution in [0.3, 0.4) is 0 Å². The Morgan fingerprint density at radius 1 is 1.14 bits per heavy atom. The molecule has 28 heavy (non-hydrogen) atoms. The number of nitrogens with zero attached hydrogens (tertiary/aromatic N) is 2. The lowest BCUT2D eigenvalue weighted by atomic mass is 10.1. The molecular formula is C19H16ClN3O5. The number of anilines is 1. The lowest BCUT2D eigenvalue weighted by Crippen LogP contribution is -2.33. The highest BCUT2D eigenvalue weighted by Crippen LogP contribution is 2.28. The molecule has 3 amide bonds. The molecule has 2 aromatic rings. The second kappa shape index (κ2) is 7.40. The first kappa shape index (κ1) is 19.5. The van der Waals surface area contributed by atoms with Crippen molar-refractivity contribution in [3.8, 4) is 0 Å². The number of hydrogen-bond acceptors (Lipinski definition) is 5. The van der Waals surface area contributed by atoms with Crippen molar-refractivity contribution in [1.29, 1.82) is 0 Å². The van der Waals surface area contributed by atoms with E-state index >= 15 is 0 Å². The number of carbonyl (C=O) groups excluding carboxylic acids is 3. The Labute approximate surface area is 165 Å². The fourth-order valence-corrected chi connectivity index (χ4v) is 3.10. The summed E-state index contributed by atoms with van der Waals surface area (Å²) in [6, 6.07) is 7.93. The number of nitro benzene ring substituents is 1. The summed E-state index contributed by atoms with van der Waals surface area (Å²) < 4.78 is 0. The monoisotopic (exact) mass is 401 g/mol. The van der Waals surface area contributed by atoms with Crippen LogP contribution in [0.15, 0.2) is 36.4 Å². The summed E-state index contributed by atoms with van der Waals surface area (Å²) in [4.78, 5) is 48.8. The molecule has 0 atom stereocenters. The maximum absolute atomic E-state index is 12.5. The van der Waals surface area contributed by atoms with E-state index in [1.807, 2.05) is 13.8 Å². The van der Waals surface area contributed by atoms with Gasteiger partial charge in [0.05, 0.1) is 26.8 Å². The topological polar surface area (TPSA) is 110 Å². The van der Waals surface area contributed by atoms with Crippen molar-refractivity contribution < 1.29 is 19.3 Å². The van der Waals surface area contributed by atoms with Gasteiger partial charge in [-0.25, -0.2) is 0 Å². The first-order chi connectivity index (χ1) is 13.2. The van der Waals surface area contributed by atoms with Crippen molar-refractivity contribution in [2.24, 2.45) is 5.92 Å². The number of halogens is 1. The fraction of sp³-hybridized carbons (Fsp3) is 0.211. The molecule has 1 N–H and O–H groups in total. The van der Waals surface area contributed by atoms with Crippen LogP contribution in [0.25, 0.3) is 0 Å². The van der Waals surface area contributed by atoms with E-state index < -0.39 is 16.7 Å². The van der Waals surface area contributed by atoms with Crippen molar-refractivity contribution in [2.75, 3.05) is 11.9 Å². The van der Waals surface area contributed by atoms with Gasteiger partial charge in [-0.15, -0.1) is 0 Å². The van der Waals surface area contributed by atoms with Gasteiger partial charge in [-0.2, -0.15) is 0 Å². The summed E-state index contributed by atoms with van der Waals surface area (Å²) in [5, 5.41) is 13.3. The van der Waals surface area contributed by atoms with E-state index in [2.05, 4.69) is 5.32 Å². The summed E-state index contributed by atoms with van der Waals surface area (Å²) in [6.45, 7) is 4.10. The van der Waals surface area contributed by atoms with E-state index in [4.69, 9.17) is 11.6 Å². The molecular weight excluding hydrogens is 386 g/mol. The Kier molecular flexibility index (Phi) is 5.15. The van der Waals surface area contributed by atoms with E-state index in [9.17, 15) is 24.5 Å². The Balaban J connectivity index is 1.84. The predicted molar refractivity (Wildman–Crippen MR) is 103 cm³/mol. The zero-order valence-corrected chi connectivity index (χ0v) is 15.8. The van der Waals surface area contributed by atoms with E-state index in [-0.39, 0.29) is 44.9 Å². The minimum absolute atomic E-state index is 0.0121. The molecule has 8 nitrogen and oxygen atoms in total. The van der Waals surface area contributed by atoms with Crippen molar-refractivity contribution in [2.45, 2.75) is 13.8 Å². The SMILES string of the molecule is CC(C)CN1C(=O)c2ccc(C(=O)Nc3ccc([N+](=O)[O-])cc3Cl)cc2C1=O. The summed E-state index contributed by atoms with van der Waals surface area (Å²) in [6.07, 6.45) is 0. The number of non-ortho nitro benzene ring substituents is 1. The van der Waals surface area contributed by atoms with Gasteiger partial charge in [-0.3, -0.25) is 29.4 Å². The van der Waals surface area contributed by atoms with Crippen LogP contribution in [0.4, 0.5) is 11.4 Å². The minimum atomic E-state index is -0.594. The molecule has 0 saturated heterocycles. The molecule has 0 unspecified atom stereocenters. The van der Waals surface area contributed by atoms with Gasteiger partial charge in [0.2, 0.25) is 0 Å². The average molecular weight is 402 g/mol. The van der Waals surface area contributed by atoms with Gasteiger partial charge >= 0.3 is 0 Å². The Morgan fingerprint density at radius 3 is 2.43 bits per heavy atom. The van der Waals surface area contributed by atoms with Gasteiger partial charge in [0.1, 0.15) is 0 Å². The lowest BCUT2D eigenvalue weighted by Gasteiger charge is -2.15. The number of nitrogens with one attached hydrogen (secondary N) is 1. The second-order valence-electron chi connectivity index (χ2n) is 6.75. The van der Waals surface area contributed by atoms with Crippen molar-refractivity contribution in [1.82, 2.24) is 4.90 Å². The summed E-state index contributed by atoms with van der Waals surface area (Å²) in [5.74, 6) is -1.24. The molecule has 9 heteroatoms. The molecule has 0 bridgehead atoms. The van der Waals surface area contributed by atoms with Gasteiger partial charge in [0.15, 0.2) is 0 Å². The molecule has 3 rings (SSSR count). The van der Waals surface area contributed by atoms with E-state index in [0.29, 0.717) is 6.54 Å². The number of imide groups is 1. The molecule has 1 heterocycles. The first-order valence-electron chi connectivity index (χ1n) is 8.44. The Hall–Kier alpha value is -3.26. The van der Waals surface area contributed by atoms with Gasteiger partial charge in [-0.05, 0) is 30.2 Å². The lowest BCUT2D eigenvalue weighted by molar-refractivity contribution is -0.384. The minimum Gasteiger partial charge on any atom is -0.321 e. The van der Waals surface area contributed by atoms with E-state index in [1.54, 1.807) is 0 Å². The number of carbonyl (C=O) groups is 3. The first-order valence-corrected chi connectivity index (χ1v) is 8.82. The zero-order valence-electron chi connectivity index (χ0n) is 15.1. The Bertz CT molecular complexity index is 1020. The molecule has 1 aliphatic heterocycles. The third-order valence-corrected chi connectivity index (χ3v) is 4.50. The van der Waals surface area contributed by atoms with E-state index in [1.165, 1.54) is 35.2 Å². The predicted octanol–water partition coefficient (Wildman–Crippen LogP) is 3.75. The summed E-state index contributed by atoms with van der Waals surface area (Å²) in [5.41, 5.74) is 0.598. The smallest absolute Gasteiger partial charge is 0.271 e. The average Bonchev–Trinajstić information content (AvgIpc) is 2.87. The molecule has 0 radical (unpaired) electrons. The molecule has 0 aliphatic carbocycles. The highest BCUT2D eigenvalue weighted by molar-refractivity contribution is 6.34. The van der Waals surface area contributed by atoms with Gasteiger partial charge in [0, 0.05) is 24.2 Å². The fourth-order valence-electron chi connectivity index (χ4n) is 2.88. The highest BCUT2D eigenvalue weighted by atomic mass is 35.5. The van der Waals surface area contributed by atoms with Crippen LogP contribution in [0.1, 0.15) is 44.9 Å². The van der Waals surface area contributed by atoms with Crippen LogP contribution in [-0.2, 0) is 0 Å². The second-order valence-corrected chi connectivity index (χ2v) is 7.16. The van der Waals surface area contributed by atoms with Crippen LogP contribution in [0.2, 0.25) is 5.02 Å². The van der Waals surface area contributed by atoms with Crippen LogP contribution in [-0.4, -0.2) is 34.1 Å². The quantitative estimate of drug-likeness (QED) is 0.466. The molecule has 2 aromatic carbocycles. The largest absolute Gasteiger partial charge is 0.321 e. The van der Waals surface area contributed by atoms with Crippen LogP contribution in [0, 0.1) is 16.0 Å². The maximum atomic E-state index is 12.5. The molecule has 0 saturated carbocycles. The number of rotatable bonds is 5. The number of amides is 3. The van der Waals surface area contributed by atoms with Crippen molar-refractivity contribution >= 4 is 40.7 Å².